The molecule has 0 unspecified atom stereocenters. The summed E-state index contributed by atoms with van der Waals surface area (Å²) >= 11 is 0. The van der Waals surface area contributed by atoms with Crippen LogP contribution in [0.3, 0.4) is 0 Å². The summed E-state index contributed by atoms with van der Waals surface area (Å²) < 4.78 is 53.6. The fraction of sp³-hybridized carbons (Fsp3) is 0.667. The zero-order chi connectivity index (χ0) is 26.1. The van der Waals surface area contributed by atoms with Crippen LogP contribution in [0.25, 0.3) is 0 Å². The molecule has 0 atom stereocenters. The van der Waals surface area contributed by atoms with E-state index in [9.17, 15) is 57.7 Å². The molecule has 0 aliphatic heterocycles. The van der Waals surface area contributed by atoms with Crippen LogP contribution in [0.1, 0.15) is 0 Å². The van der Waals surface area contributed by atoms with Crippen molar-refractivity contribution >= 4 is 20.0 Å². The molecule has 1 aromatic carbocycles. The van der Waals surface area contributed by atoms with Gasteiger partial charge in [-0.05, 0) is 24.3 Å². The lowest BCUT2D eigenvalue weighted by Gasteiger charge is -2.34. The van der Waals surface area contributed by atoms with Gasteiger partial charge in [0, 0.05) is 0 Å². The molecule has 0 aliphatic carbocycles. The summed E-state index contributed by atoms with van der Waals surface area (Å²) in [6, 6.07) is -2.04. The van der Waals surface area contributed by atoms with E-state index in [1.165, 1.54) is 0 Å². The van der Waals surface area contributed by atoms with Gasteiger partial charge in [-0.15, -0.1) is 0 Å². The summed E-state index contributed by atoms with van der Waals surface area (Å²) in [5, 5.41) is 75.7. The number of hydrogen-bond donors (Lipinski definition) is 8. The third kappa shape index (κ3) is 6.48. The van der Waals surface area contributed by atoms with Crippen molar-refractivity contribution < 1.29 is 57.7 Å². The molecule has 0 saturated heterocycles. The van der Waals surface area contributed by atoms with Crippen LogP contribution >= 0.6 is 0 Å². The third-order valence-electron chi connectivity index (χ3n) is 5.10. The minimum Gasteiger partial charge on any atom is -0.395 e. The number of nitrogens with zero attached hydrogens (tertiary/aromatic N) is 2. The van der Waals surface area contributed by atoms with Gasteiger partial charge in [-0.3, -0.25) is 0 Å². The topological polar surface area (TPSA) is 237 Å². The van der Waals surface area contributed by atoms with Crippen molar-refractivity contribution in [3.05, 3.63) is 24.3 Å². The molecule has 0 radical (unpaired) electrons. The van der Waals surface area contributed by atoms with Gasteiger partial charge in [0.05, 0.1) is 86.8 Å². The molecular formula is C18H32N2O12S2. The quantitative estimate of drug-likeness (QED) is 0.1000. The van der Waals surface area contributed by atoms with Crippen molar-refractivity contribution in [3.8, 4) is 0 Å². The Kier molecular flexibility index (Phi) is 12.4. The van der Waals surface area contributed by atoms with Gasteiger partial charge in [-0.2, -0.15) is 8.61 Å². The van der Waals surface area contributed by atoms with E-state index in [0.717, 1.165) is 24.3 Å². The number of hydrogen-bond acceptors (Lipinski definition) is 12. The van der Waals surface area contributed by atoms with E-state index in [1.807, 2.05) is 0 Å². The molecule has 0 spiro atoms. The molecule has 0 aromatic heterocycles. The van der Waals surface area contributed by atoms with Crippen LogP contribution < -0.4 is 0 Å². The zero-order valence-corrected chi connectivity index (χ0v) is 19.8. The lowest BCUT2D eigenvalue weighted by molar-refractivity contribution is 0.0547. The zero-order valence-electron chi connectivity index (χ0n) is 18.2. The normalized spacial score (nSPS) is 13.4. The maximum Gasteiger partial charge on any atom is 0.243 e. The van der Waals surface area contributed by atoms with E-state index in [1.54, 1.807) is 0 Å². The van der Waals surface area contributed by atoms with E-state index in [0.29, 0.717) is 8.61 Å². The molecule has 0 amide bonds. The summed E-state index contributed by atoms with van der Waals surface area (Å²) in [7, 11) is -9.11. The monoisotopic (exact) mass is 532 g/mol. The summed E-state index contributed by atoms with van der Waals surface area (Å²) in [5.41, 5.74) is 0. The number of rotatable bonds is 16. The molecule has 16 heteroatoms. The van der Waals surface area contributed by atoms with Crippen molar-refractivity contribution in [3.63, 3.8) is 0 Å². The second-order valence-electron chi connectivity index (χ2n) is 7.22. The molecule has 0 heterocycles. The Balaban J connectivity index is 3.53. The molecule has 14 nitrogen and oxygen atoms in total. The van der Waals surface area contributed by atoms with Crippen molar-refractivity contribution in [1.82, 2.24) is 8.61 Å². The first kappa shape index (κ1) is 30.8. The van der Waals surface area contributed by atoms with E-state index in [4.69, 9.17) is 0 Å². The standard InChI is InChI=1S/C18H32N2O12S2/c21-5-13(6-22)19(14(7-23)8-24)33(29,30)17-1-2-18(4-3-17)34(31,32)20(15(9-25)10-26)16(11-27)12-28/h1-4,13-16,21-28H,5-12H2. The minimum absolute atomic E-state index is 0.487. The molecule has 198 valence electrons. The minimum atomic E-state index is -4.56. The van der Waals surface area contributed by atoms with Crippen LogP contribution in [0, 0.1) is 0 Å². The largest absolute Gasteiger partial charge is 0.395 e. The predicted octanol–water partition coefficient (Wildman–Crippen LogP) is -4.92. The highest BCUT2D eigenvalue weighted by Gasteiger charge is 2.39. The Hall–Kier alpha value is -1.28. The number of aliphatic hydroxyl groups is 8. The van der Waals surface area contributed by atoms with E-state index in [2.05, 4.69) is 0 Å². The summed E-state index contributed by atoms with van der Waals surface area (Å²) in [6.07, 6.45) is 0. The van der Waals surface area contributed by atoms with Gasteiger partial charge in [-0.25, -0.2) is 16.8 Å². The van der Waals surface area contributed by atoms with Gasteiger partial charge >= 0.3 is 0 Å². The van der Waals surface area contributed by atoms with Crippen LogP contribution in [0.5, 0.6) is 0 Å². The Morgan fingerprint density at radius 2 is 0.647 bits per heavy atom. The first-order valence-corrected chi connectivity index (χ1v) is 13.0. The van der Waals surface area contributed by atoms with Crippen molar-refractivity contribution in [2.45, 2.75) is 34.0 Å². The van der Waals surface area contributed by atoms with Crippen LogP contribution in [-0.2, 0) is 20.0 Å². The number of sulfonamides is 2. The highest BCUT2D eigenvalue weighted by Crippen LogP contribution is 2.26. The second-order valence-corrected chi connectivity index (χ2v) is 10.9. The van der Waals surface area contributed by atoms with E-state index in [-0.39, 0.29) is 0 Å². The predicted molar refractivity (Wildman–Crippen MR) is 116 cm³/mol. The maximum absolute atomic E-state index is 13.1. The maximum atomic E-state index is 13.1. The average molecular weight is 533 g/mol. The van der Waals surface area contributed by atoms with Crippen molar-refractivity contribution in [2.24, 2.45) is 0 Å². The Bertz CT molecular complexity index is 825. The molecule has 1 aromatic rings. The summed E-state index contributed by atoms with van der Waals surface area (Å²) in [6.45, 7) is -6.66. The Morgan fingerprint density at radius 1 is 0.471 bits per heavy atom. The number of aliphatic hydroxyl groups excluding tert-OH is 8. The molecule has 8 N–H and O–H groups in total. The average Bonchev–Trinajstić information content (AvgIpc) is 2.84. The Labute approximate surface area is 197 Å². The second kappa shape index (κ2) is 13.7. The van der Waals surface area contributed by atoms with Gasteiger partial charge in [0.1, 0.15) is 0 Å². The number of benzene rings is 1. The molecular weight excluding hydrogens is 500 g/mol. The summed E-state index contributed by atoms with van der Waals surface area (Å²) in [5.74, 6) is 0. The van der Waals surface area contributed by atoms with Crippen LogP contribution in [0.2, 0.25) is 0 Å². The Morgan fingerprint density at radius 3 is 0.794 bits per heavy atom. The smallest absolute Gasteiger partial charge is 0.243 e. The third-order valence-corrected chi connectivity index (χ3v) is 9.14. The molecule has 0 bridgehead atoms. The highest BCUT2D eigenvalue weighted by atomic mass is 32.2. The fourth-order valence-electron chi connectivity index (χ4n) is 3.28. The lowest BCUT2D eigenvalue weighted by atomic mass is 10.2. The van der Waals surface area contributed by atoms with Gasteiger partial charge in [-0.1, -0.05) is 0 Å². The highest BCUT2D eigenvalue weighted by molar-refractivity contribution is 7.89. The molecule has 0 aliphatic rings. The van der Waals surface area contributed by atoms with Gasteiger partial charge in [0.15, 0.2) is 0 Å². The van der Waals surface area contributed by atoms with Crippen molar-refractivity contribution in [1.29, 1.82) is 0 Å². The van der Waals surface area contributed by atoms with Crippen LogP contribution in [0.15, 0.2) is 34.1 Å². The van der Waals surface area contributed by atoms with E-state index < -0.39 is 107 Å². The molecule has 0 fully saturated rings. The SMILES string of the molecule is O=S(=O)(c1ccc(S(=O)(=O)N(C(CO)CO)C(CO)CO)cc1)N(C(CO)CO)C(CO)CO. The molecule has 34 heavy (non-hydrogen) atoms. The van der Waals surface area contributed by atoms with Crippen LogP contribution in [-0.4, -0.2) is 143 Å². The van der Waals surface area contributed by atoms with Gasteiger partial charge < -0.3 is 40.9 Å². The van der Waals surface area contributed by atoms with E-state index >= 15 is 0 Å². The van der Waals surface area contributed by atoms with Gasteiger partial charge in [0.2, 0.25) is 20.0 Å². The fourth-order valence-corrected chi connectivity index (χ4v) is 6.83. The first-order valence-electron chi connectivity index (χ1n) is 10.1. The lowest BCUT2D eigenvalue weighted by Crippen LogP contribution is -2.53. The first-order chi connectivity index (χ1) is 16.0. The molecule has 1 rings (SSSR count). The van der Waals surface area contributed by atoms with Gasteiger partial charge in [0.25, 0.3) is 0 Å². The van der Waals surface area contributed by atoms with Crippen molar-refractivity contribution in [2.75, 3.05) is 52.9 Å². The summed E-state index contributed by atoms with van der Waals surface area (Å²) in [4.78, 5) is -0.975. The van der Waals surface area contributed by atoms with Crippen LogP contribution in [0.4, 0.5) is 0 Å². The molecule has 0 saturated carbocycles.